The minimum atomic E-state index is -3.89. The lowest BCUT2D eigenvalue weighted by molar-refractivity contribution is 0.486. The Morgan fingerprint density at radius 1 is 1.09 bits per heavy atom. The molecule has 0 spiro atoms. The molecule has 1 fully saturated rings. The van der Waals surface area contributed by atoms with Crippen molar-refractivity contribution in [1.82, 2.24) is 0 Å². The monoisotopic (exact) mass is 354 g/mol. The highest BCUT2D eigenvalue weighted by atomic mass is 32.2. The van der Waals surface area contributed by atoms with Gasteiger partial charge in [0, 0.05) is 11.5 Å². The molecule has 23 heavy (non-hydrogen) atoms. The summed E-state index contributed by atoms with van der Waals surface area (Å²) in [5.74, 6) is 0. The maximum absolute atomic E-state index is 12.5. The third-order valence-corrected chi connectivity index (χ3v) is 7.08. The van der Waals surface area contributed by atoms with Crippen LogP contribution in [0.5, 0.6) is 0 Å². The van der Waals surface area contributed by atoms with Gasteiger partial charge in [-0.25, -0.2) is 16.8 Å². The van der Waals surface area contributed by atoms with Crippen molar-refractivity contribution in [2.75, 3.05) is 4.72 Å². The summed E-state index contributed by atoms with van der Waals surface area (Å²) in [7, 11) is -7.53. The minimum Gasteiger partial charge on any atom is -0.282 e. The van der Waals surface area contributed by atoms with Gasteiger partial charge in [-0.15, -0.1) is 0 Å². The van der Waals surface area contributed by atoms with Crippen LogP contribution in [0.3, 0.4) is 0 Å². The van der Waals surface area contributed by atoms with Crippen LogP contribution in [0.4, 0.5) is 5.69 Å². The number of nitrogens with one attached hydrogen (secondary N) is 1. The van der Waals surface area contributed by atoms with E-state index in [2.05, 4.69) is 4.72 Å². The normalized spacial score (nSPS) is 17.0. The van der Waals surface area contributed by atoms with Crippen molar-refractivity contribution >= 4 is 25.5 Å². The van der Waals surface area contributed by atoms with Gasteiger partial charge in [0.25, 0.3) is 0 Å². The molecular weight excluding hydrogens is 336 g/mol. The van der Waals surface area contributed by atoms with Crippen molar-refractivity contribution in [3.05, 3.63) is 35.7 Å². The Labute approximate surface area is 136 Å². The zero-order valence-corrected chi connectivity index (χ0v) is 14.1. The Hall–Kier alpha value is -1.85. The highest BCUT2D eigenvalue weighted by molar-refractivity contribution is 7.95. The van der Waals surface area contributed by atoms with Crippen molar-refractivity contribution in [3.8, 4) is 6.07 Å². The van der Waals surface area contributed by atoms with Gasteiger partial charge in [0.05, 0.1) is 21.9 Å². The largest absolute Gasteiger partial charge is 0.282 e. The zero-order valence-electron chi connectivity index (χ0n) is 12.5. The summed E-state index contributed by atoms with van der Waals surface area (Å²) in [5.41, 5.74) is 0.0145. The van der Waals surface area contributed by atoms with Crippen molar-refractivity contribution in [3.63, 3.8) is 0 Å². The van der Waals surface area contributed by atoms with Crippen molar-refractivity contribution in [1.29, 1.82) is 5.26 Å². The van der Waals surface area contributed by atoms with Crippen molar-refractivity contribution < 1.29 is 16.8 Å². The SMILES string of the molecule is N#CC=CS(=O)(=O)c1ccccc1NS(=O)(=O)C1CCCCC1. The topological polar surface area (TPSA) is 104 Å². The third-order valence-electron chi connectivity index (χ3n) is 3.76. The second-order valence-electron chi connectivity index (χ2n) is 5.38. The summed E-state index contributed by atoms with van der Waals surface area (Å²) in [4.78, 5) is -0.161. The van der Waals surface area contributed by atoms with Crippen LogP contribution in [-0.4, -0.2) is 22.1 Å². The molecule has 1 N–H and O–H groups in total. The highest BCUT2D eigenvalue weighted by Crippen LogP contribution is 2.28. The number of sulfonamides is 1. The first-order valence-electron chi connectivity index (χ1n) is 7.29. The fourth-order valence-corrected chi connectivity index (χ4v) is 5.35. The van der Waals surface area contributed by atoms with Gasteiger partial charge in [-0.2, -0.15) is 5.26 Å². The van der Waals surface area contributed by atoms with Gasteiger partial charge in [0.1, 0.15) is 0 Å². The number of anilines is 1. The maximum atomic E-state index is 12.5. The van der Waals surface area contributed by atoms with Gasteiger partial charge in [-0.3, -0.25) is 4.72 Å². The molecule has 2 rings (SSSR count). The molecule has 0 radical (unpaired) electrons. The number of allylic oxidation sites excluding steroid dienone is 1. The van der Waals surface area contributed by atoms with E-state index in [1.807, 2.05) is 0 Å². The molecular formula is C15H18N2O4S2. The number of sulfone groups is 1. The summed E-state index contributed by atoms with van der Waals surface area (Å²) in [6.07, 6.45) is 4.75. The lowest BCUT2D eigenvalue weighted by Crippen LogP contribution is -2.30. The molecule has 0 unspecified atom stereocenters. The van der Waals surface area contributed by atoms with E-state index in [4.69, 9.17) is 5.26 Å². The van der Waals surface area contributed by atoms with E-state index in [0.717, 1.165) is 30.7 Å². The van der Waals surface area contributed by atoms with Gasteiger partial charge in [-0.05, 0) is 25.0 Å². The van der Waals surface area contributed by atoms with Crippen LogP contribution in [0.15, 0.2) is 40.6 Å². The second-order valence-corrected chi connectivity index (χ2v) is 9.14. The number of para-hydroxylation sites is 1. The number of nitrogens with zero attached hydrogens (tertiary/aromatic N) is 1. The lowest BCUT2D eigenvalue weighted by Gasteiger charge is -2.23. The molecule has 0 amide bonds. The second kappa shape index (κ2) is 7.15. The van der Waals surface area contributed by atoms with E-state index in [-0.39, 0.29) is 10.6 Å². The first kappa shape index (κ1) is 17.5. The van der Waals surface area contributed by atoms with E-state index in [9.17, 15) is 16.8 Å². The first-order valence-corrected chi connectivity index (χ1v) is 10.4. The summed E-state index contributed by atoms with van der Waals surface area (Å²) in [5, 5.41) is 8.76. The fourth-order valence-electron chi connectivity index (χ4n) is 2.60. The van der Waals surface area contributed by atoms with Crippen LogP contribution in [0.25, 0.3) is 0 Å². The summed E-state index contributed by atoms with van der Waals surface area (Å²) < 4.78 is 51.8. The quantitative estimate of drug-likeness (QED) is 0.818. The molecule has 0 atom stereocenters. The van der Waals surface area contributed by atoms with Gasteiger partial charge in [-0.1, -0.05) is 31.4 Å². The maximum Gasteiger partial charge on any atom is 0.235 e. The summed E-state index contributed by atoms with van der Waals surface area (Å²) >= 11 is 0. The molecule has 1 aromatic rings. The van der Waals surface area contributed by atoms with E-state index >= 15 is 0 Å². The van der Waals surface area contributed by atoms with Crippen LogP contribution < -0.4 is 4.72 Å². The van der Waals surface area contributed by atoms with Gasteiger partial charge in [0.15, 0.2) is 0 Å². The van der Waals surface area contributed by atoms with Crippen LogP contribution in [0.1, 0.15) is 32.1 Å². The Kier molecular flexibility index (Phi) is 5.44. The fraction of sp³-hybridized carbons (Fsp3) is 0.400. The van der Waals surface area contributed by atoms with Gasteiger partial charge >= 0.3 is 0 Å². The molecule has 1 aliphatic rings. The van der Waals surface area contributed by atoms with Crippen LogP contribution in [-0.2, 0) is 19.9 Å². The smallest absolute Gasteiger partial charge is 0.235 e. The van der Waals surface area contributed by atoms with E-state index < -0.39 is 25.1 Å². The summed E-state index contributed by atoms with van der Waals surface area (Å²) in [6.45, 7) is 0. The molecule has 0 aliphatic heterocycles. The lowest BCUT2D eigenvalue weighted by atomic mass is 10.0. The number of benzene rings is 1. The van der Waals surface area contributed by atoms with E-state index in [0.29, 0.717) is 12.8 Å². The average Bonchev–Trinajstić information content (AvgIpc) is 2.54. The predicted octanol–water partition coefficient (Wildman–Crippen LogP) is 2.57. The Morgan fingerprint density at radius 2 is 1.74 bits per heavy atom. The minimum absolute atomic E-state index is 0.0145. The zero-order chi connectivity index (χ0) is 16.9. The van der Waals surface area contributed by atoms with E-state index in [1.54, 1.807) is 12.1 Å². The van der Waals surface area contributed by atoms with Gasteiger partial charge in [0.2, 0.25) is 19.9 Å². The molecule has 124 valence electrons. The van der Waals surface area contributed by atoms with Crippen LogP contribution in [0.2, 0.25) is 0 Å². The molecule has 1 aliphatic carbocycles. The highest BCUT2D eigenvalue weighted by Gasteiger charge is 2.28. The molecule has 0 bridgehead atoms. The first-order chi connectivity index (χ1) is 10.9. The van der Waals surface area contributed by atoms with E-state index in [1.165, 1.54) is 18.2 Å². The summed E-state index contributed by atoms with van der Waals surface area (Å²) in [6, 6.07) is 7.41. The molecule has 6 nitrogen and oxygen atoms in total. The van der Waals surface area contributed by atoms with Crippen molar-refractivity contribution in [2.24, 2.45) is 0 Å². The molecule has 0 heterocycles. The number of hydrogen-bond acceptors (Lipinski definition) is 5. The standard InChI is InChI=1S/C15H18N2O4S2/c16-11-6-12-22(18,19)15-10-5-4-9-14(15)17-23(20,21)13-7-2-1-3-8-13/h4-6,9-10,12-13,17H,1-3,7-8H2. The Balaban J connectivity index is 2.35. The predicted molar refractivity (Wildman–Crippen MR) is 87.8 cm³/mol. The number of rotatable bonds is 5. The molecule has 8 heteroatoms. The molecule has 0 aromatic heterocycles. The number of nitriles is 1. The van der Waals surface area contributed by atoms with Crippen molar-refractivity contribution in [2.45, 2.75) is 42.2 Å². The van der Waals surface area contributed by atoms with Crippen LogP contribution >= 0.6 is 0 Å². The Morgan fingerprint density at radius 3 is 2.39 bits per heavy atom. The third kappa shape index (κ3) is 4.33. The number of hydrogen-bond donors (Lipinski definition) is 1. The average molecular weight is 354 g/mol. The molecule has 1 aromatic carbocycles. The molecule has 1 saturated carbocycles. The van der Waals surface area contributed by atoms with Crippen LogP contribution in [0, 0.1) is 11.3 Å². The Bertz CT molecular complexity index is 830. The van der Waals surface area contributed by atoms with Gasteiger partial charge < -0.3 is 0 Å². The molecule has 0 saturated heterocycles.